The van der Waals surface area contributed by atoms with Gasteiger partial charge in [0, 0.05) is 51.0 Å². The Balaban J connectivity index is 1.99. The number of nitrogens with zero attached hydrogens (tertiary/aromatic N) is 3. The lowest BCUT2D eigenvalue weighted by atomic mass is 9.73. The Morgan fingerprint density at radius 3 is 2.78 bits per heavy atom. The minimum Gasteiger partial charge on any atom is -0.342 e. The lowest BCUT2D eigenvalue weighted by Gasteiger charge is -2.48. The molecule has 2 heterocycles. The van der Waals surface area contributed by atoms with Crippen LogP contribution in [0.1, 0.15) is 39.0 Å². The normalized spacial score (nSPS) is 25.8. The van der Waals surface area contributed by atoms with Gasteiger partial charge in [-0.15, -0.1) is 0 Å². The molecule has 5 nitrogen and oxygen atoms in total. The summed E-state index contributed by atoms with van der Waals surface area (Å²) >= 11 is 0. The summed E-state index contributed by atoms with van der Waals surface area (Å²) in [4.78, 5) is 30.7. The summed E-state index contributed by atoms with van der Waals surface area (Å²) in [5, 5.41) is 0. The Labute approximate surface area is 140 Å². The fraction of sp³-hybridized carbons (Fsp3) is 0.778. The number of rotatable bonds is 5. The van der Waals surface area contributed by atoms with Crippen LogP contribution in [-0.2, 0) is 9.59 Å². The van der Waals surface area contributed by atoms with Gasteiger partial charge in [-0.25, -0.2) is 0 Å². The van der Waals surface area contributed by atoms with Gasteiger partial charge in [0.15, 0.2) is 0 Å². The summed E-state index contributed by atoms with van der Waals surface area (Å²) in [6.45, 7) is 6.12. The van der Waals surface area contributed by atoms with E-state index in [4.69, 9.17) is 0 Å². The molecule has 0 aliphatic carbocycles. The first kappa shape index (κ1) is 18.0. The molecule has 2 fully saturated rings. The van der Waals surface area contributed by atoms with Crippen LogP contribution in [0.3, 0.4) is 0 Å². The molecule has 2 aliphatic heterocycles. The van der Waals surface area contributed by atoms with Crippen LogP contribution in [0.5, 0.6) is 0 Å². The minimum atomic E-state index is 0.115. The quantitative estimate of drug-likeness (QED) is 0.725. The van der Waals surface area contributed by atoms with Gasteiger partial charge in [0.05, 0.1) is 0 Å². The lowest BCUT2D eigenvalue weighted by Crippen LogP contribution is -2.55. The molecule has 23 heavy (non-hydrogen) atoms. The predicted molar refractivity (Wildman–Crippen MR) is 92.0 cm³/mol. The second-order valence-electron chi connectivity index (χ2n) is 7.31. The molecule has 0 aromatic rings. The molecule has 2 aliphatic rings. The van der Waals surface area contributed by atoms with Gasteiger partial charge in [-0.1, -0.05) is 12.2 Å². The van der Waals surface area contributed by atoms with E-state index >= 15 is 0 Å². The molecule has 5 heteroatoms. The van der Waals surface area contributed by atoms with Gasteiger partial charge in [-0.05, 0) is 40.3 Å². The molecule has 0 aromatic carbocycles. The summed E-state index contributed by atoms with van der Waals surface area (Å²) < 4.78 is 0. The van der Waals surface area contributed by atoms with Gasteiger partial charge >= 0.3 is 0 Å². The van der Waals surface area contributed by atoms with Crippen LogP contribution in [0.2, 0.25) is 0 Å². The molecule has 2 rings (SSSR count). The number of carbonyl (C=O) groups excluding carboxylic acids is 2. The first-order valence-corrected chi connectivity index (χ1v) is 8.77. The summed E-state index contributed by atoms with van der Waals surface area (Å²) in [5.41, 5.74) is 0.115. The van der Waals surface area contributed by atoms with Crippen molar-refractivity contribution in [1.82, 2.24) is 14.7 Å². The average Bonchev–Trinajstić information content (AvgIpc) is 2.54. The van der Waals surface area contributed by atoms with Crippen LogP contribution >= 0.6 is 0 Å². The number of likely N-dealkylation sites (tertiary alicyclic amines) is 2. The molecular formula is C18H31N3O2. The van der Waals surface area contributed by atoms with Crippen molar-refractivity contribution in [3.8, 4) is 0 Å². The molecule has 2 saturated heterocycles. The highest BCUT2D eigenvalue weighted by Crippen LogP contribution is 2.39. The average molecular weight is 321 g/mol. The predicted octanol–water partition coefficient (Wildman–Crippen LogP) is 1.75. The zero-order valence-electron chi connectivity index (χ0n) is 14.9. The van der Waals surface area contributed by atoms with Gasteiger partial charge < -0.3 is 14.7 Å². The highest BCUT2D eigenvalue weighted by molar-refractivity contribution is 5.78. The van der Waals surface area contributed by atoms with E-state index < -0.39 is 0 Å². The Hall–Kier alpha value is -1.36. The van der Waals surface area contributed by atoms with Crippen molar-refractivity contribution in [3.05, 3.63) is 12.2 Å². The van der Waals surface area contributed by atoms with Gasteiger partial charge in [0.2, 0.25) is 11.8 Å². The van der Waals surface area contributed by atoms with E-state index in [1.165, 1.54) is 0 Å². The van der Waals surface area contributed by atoms with Crippen LogP contribution < -0.4 is 0 Å². The smallest absolute Gasteiger partial charge is 0.226 e. The van der Waals surface area contributed by atoms with E-state index in [0.717, 1.165) is 52.0 Å². The van der Waals surface area contributed by atoms with Crippen molar-refractivity contribution in [2.45, 2.75) is 39.0 Å². The standard InChI is InChI=1S/C18H31N3O2/c1-4-5-7-16(22)20-11-6-9-18(14-20)10-8-17(23)21(15-18)13-12-19(2)3/h4-5H,6-15H2,1-3H3. The molecule has 0 bridgehead atoms. The zero-order valence-corrected chi connectivity index (χ0v) is 14.9. The molecule has 1 atom stereocenters. The molecule has 0 saturated carbocycles. The Kier molecular flexibility index (Phi) is 6.22. The fourth-order valence-corrected chi connectivity index (χ4v) is 3.73. The lowest BCUT2D eigenvalue weighted by molar-refractivity contribution is -0.142. The third-order valence-electron chi connectivity index (χ3n) is 5.11. The van der Waals surface area contributed by atoms with Crippen molar-refractivity contribution in [1.29, 1.82) is 0 Å². The first-order chi connectivity index (χ1) is 11.0. The SMILES string of the molecule is CC=CCC(=O)N1CCCC2(CCC(=O)N(CCN(C)C)C2)C1. The first-order valence-electron chi connectivity index (χ1n) is 8.77. The summed E-state index contributed by atoms with van der Waals surface area (Å²) in [6, 6.07) is 0. The summed E-state index contributed by atoms with van der Waals surface area (Å²) in [5.74, 6) is 0.494. The maximum Gasteiger partial charge on any atom is 0.226 e. The van der Waals surface area contributed by atoms with E-state index in [1.54, 1.807) is 0 Å². The Morgan fingerprint density at radius 1 is 1.30 bits per heavy atom. The van der Waals surface area contributed by atoms with Crippen molar-refractivity contribution >= 4 is 11.8 Å². The second-order valence-corrected chi connectivity index (χ2v) is 7.31. The number of hydrogen-bond donors (Lipinski definition) is 0. The molecule has 0 aromatic heterocycles. The van der Waals surface area contributed by atoms with Crippen molar-refractivity contribution in [3.63, 3.8) is 0 Å². The van der Waals surface area contributed by atoms with Crippen LogP contribution in [0.15, 0.2) is 12.2 Å². The van der Waals surface area contributed by atoms with Crippen LogP contribution in [-0.4, -0.2) is 73.3 Å². The summed E-state index contributed by atoms with van der Waals surface area (Å²) in [6.07, 6.45) is 8.10. The van der Waals surface area contributed by atoms with E-state index in [0.29, 0.717) is 12.8 Å². The molecule has 0 radical (unpaired) electrons. The maximum atomic E-state index is 12.3. The number of amides is 2. The van der Waals surface area contributed by atoms with Crippen LogP contribution in [0, 0.1) is 5.41 Å². The Bertz CT molecular complexity index is 461. The van der Waals surface area contributed by atoms with Gasteiger partial charge in [-0.3, -0.25) is 9.59 Å². The Morgan fingerprint density at radius 2 is 2.09 bits per heavy atom. The van der Waals surface area contributed by atoms with E-state index in [1.807, 2.05) is 43.0 Å². The molecule has 2 amide bonds. The number of likely N-dealkylation sites (N-methyl/N-ethyl adjacent to an activating group) is 1. The van der Waals surface area contributed by atoms with Gasteiger partial charge in [0.25, 0.3) is 0 Å². The third kappa shape index (κ3) is 4.80. The highest BCUT2D eigenvalue weighted by Gasteiger charge is 2.42. The van der Waals surface area contributed by atoms with Crippen molar-refractivity contribution < 1.29 is 9.59 Å². The monoisotopic (exact) mass is 321 g/mol. The maximum absolute atomic E-state index is 12.3. The van der Waals surface area contributed by atoms with E-state index in [9.17, 15) is 9.59 Å². The molecular weight excluding hydrogens is 290 g/mol. The van der Waals surface area contributed by atoms with Crippen molar-refractivity contribution in [2.24, 2.45) is 5.41 Å². The zero-order chi connectivity index (χ0) is 16.9. The van der Waals surface area contributed by atoms with Crippen LogP contribution in [0.25, 0.3) is 0 Å². The number of piperidine rings is 2. The topological polar surface area (TPSA) is 43.9 Å². The van der Waals surface area contributed by atoms with Gasteiger partial charge in [-0.2, -0.15) is 0 Å². The third-order valence-corrected chi connectivity index (χ3v) is 5.11. The molecule has 0 N–H and O–H groups in total. The molecule has 1 unspecified atom stereocenters. The number of hydrogen-bond acceptors (Lipinski definition) is 3. The summed E-state index contributed by atoms with van der Waals surface area (Å²) in [7, 11) is 4.07. The molecule has 130 valence electrons. The number of allylic oxidation sites excluding steroid dienone is 1. The van der Waals surface area contributed by atoms with Gasteiger partial charge in [0.1, 0.15) is 0 Å². The van der Waals surface area contributed by atoms with Crippen LogP contribution in [0.4, 0.5) is 0 Å². The minimum absolute atomic E-state index is 0.115. The second kappa shape index (κ2) is 7.95. The largest absolute Gasteiger partial charge is 0.342 e. The van der Waals surface area contributed by atoms with E-state index in [2.05, 4.69) is 4.90 Å². The number of carbonyl (C=O) groups is 2. The van der Waals surface area contributed by atoms with Crippen molar-refractivity contribution in [2.75, 3.05) is 46.8 Å². The van der Waals surface area contributed by atoms with E-state index in [-0.39, 0.29) is 17.2 Å². The molecule has 1 spiro atoms. The fourth-order valence-electron chi connectivity index (χ4n) is 3.73. The highest BCUT2D eigenvalue weighted by atomic mass is 16.2.